The molecular formula is C43H52ClF2N3O6. The van der Waals surface area contributed by atoms with Gasteiger partial charge in [-0.3, -0.25) is 9.59 Å². The van der Waals surface area contributed by atoms with Gasteiger partial charge in [0.2, 0.25) is 5.91 Å². The van der Waals surface area contributed by atoms with E-state index in [1.54, 1.807) is 57.2 Å². The number of nitrogens with one attached hydrogen (secondary N) is 3. The Kier molecular flexibility index (Phi) is 12.7. The molecule has 3 aromatic rings. The Morgan fingerprint density at radius 3 is 1.96 bits per heavy atom. The van der Waals surface area contributed by atoms with E-state index in [4.69, 9.17) is 21.1 Å². The first kappa shape index (κ1) is 40.4. The molecule has 3 aromatic carbocycles. The Morgan fingerprint density at radius 1 is 0.800 bits per heavy atom. The normalized spacial score (nSPS) is 22.6. The molecule has 3 amide bonds. The van der Waals surface area contributed by atoms with Gasteiger partial charge in [0, 0.05) is 22.7 Å². The van der Waals surface area contributed by atoms with Gasteiger partial charge >= 0.3 is 12.0 Å². The molecular weight excluding hydrogens is 728 g/mol. The van der Waals surface area contributed by atoms with Crippen molar-refractivity contribution in [3.63, 3.8) is 0 Å². The summed E-state index contributed by atoms with van der Waals surface area (Å²) in [6, 6.07) is 15.8. The second-order valence-electron chi connectivity index (χ2n) is 16.4. The van der Waals surface area contributed by atoms with Crippen LogP contribution >= 0.6 is 11.6 Å². The van der Waals surface area contributed by atoms with Crippen molar-refractivity contribution in [1.29, 1.82) is 0 Å². The lowest BCUT2D eigenvalue weighted by molar-refractivity contribution is -0.145. The number of rotatable bonds is 12. The number of fused-ring (bicyclic) bond motifs is 2. The quantitative estimate of drug-likeness (QED) is 0.146. The minimum Gasteiger partial charge on any atom is -0.493 e. The van der Waals surface area contributed by atoms with Gasteiger partial charge in [-0.2, -0.15) is 8.78 Å². The molecule has 0 saturated heterocycles. The fourth-order valence-electron chi connectivity index (χ4n) is 8.31. The number of hydrogen-bond donors (Lipinski definition) is 4. The fourth-order valence-corrected chi connectivity index (χ4v) is 8.43. The number of aliphatic hydroxyl groups excluding tert-OH is 1. The van der Waals surface area contributed by atoms with E-state index < -0.39 is 53.2 Å². The summed E-state index contributed by atoms with van der Waals surface area (Å²) in [5, 5.41) is 19.6. The van der Waals surface area contributed by atoms with E-state index in [1.165, 1.54) is 55.7 Å². The maximum absolute atomic E-state index is 16.6. The Morgan fingerprint density at radius 2 is 1.38 bits per heavy atom. The predicted molar refractivity (Wildman–Crippen MR) is 207 cm³/mol. The van der Waals surface area contributed by atoms with E-state index in [-0.39, 0.29) is 23.4 Å². The average molecular weight is 780 g/mol. The van der Waals surface area contributed by atoms with Crippen LogP contribution in [0.5, 0.6) is 5.75 Å². The molecule has 3 saturated carbocycles. The van der Waals surface area contributed by atoms with Gasteiger partial charge in [0.15, 0.2) is 12.1 Å². The van der Waals surface area contributed by atoms with Crippen molar-refractivity contribution in [1.82, 2.24) is 16.0 Å². The molecule has 9 nitrogen and oxygen atoms in total. The summed E-state index contributed by atoms with van der Waals surface area (Å²) in [6.45, 7) is 5.93. The second-order valence-corrected chi connectivity index (χ2v) is 16.8. The Bertz CT molecular complexity index is 1760. The van der Waals surface area contributed by atoms with Crippen LogP contribution in [0.4, 0.5) is 13.6 Å². The highest BCUT2D eigenvalue weighted by atomic mass is 35.5. The van der Waals surface area contributed by atoms with Crippen LogP contribution < -0.4 is 20.7 Å². The topological polar surface area (TPSA) is 126 Å². The van der Waals surface area contributed by atoms with Gasteiger partial charge in [0.1, 0.15) is 11.4 Å². The van der Waals surface area contributed by atoms with Crippen molar-refractivity contribution in [2.45, 2.75) is 114 Å². The van der Waals surface area contributed by atoms with Crippen LogP contribution in [0.1, 0.15) is 95.8 Å². The molecule has 3 fully saturated rings. The van der Waals surface area contributed by atoms with E-state index in [9.17, 15) is 19.5 Å². The van der Waals surface area contributed by atoms with Crippen LogP contribution in [-0.2, 0) is 20.2 Å². The first-order chi connectivity index (χ1) is 26.2. The molecule has 12 heteroatoms. The number of aliphatic hydroxyl groups is 1. The zero-order valence-corrected chi connectivity index (χ0v) is 32.4. The van der Waals surface area contributed by atoms with E-state index >= 15 is 8.78 Å². The molecule has 0 spiro atoms. The lowest BCUT2D eigenvalue weighted by Gasteiger charge is -2.38. The first-order valence-electron chi connectivity index (χ1n) is 19.4. The minimum atomic E-state index is -3.87. The fraction of sp³-hybridized carbons (Fsp3) is 0.512. The molecule has 6 rings (SSSR count). The van der Waals surface area contributed by atoms with Crippen molar-refractivity contribution < 1.29 is 37.7 Å². The molecule has 2 bridgehead atoms. The lowest BCUT2D eigenvalue weighted by Crippen LogP contribution is -2.60. The summed E-state index contributed by atoms with van der Waals surface area (Å²) >= 11 is 6.02. The van der Waals surface area contributed by atoms with Gasteiger partial charge in [-0.05, 0) is 118 Å². The van der Waals surface area contributed by atoms with Gasteiger partial charge < -0.3 is 30.5 Å². The summed E-state index contributed by atoms with van der Waals surface area (Å²) in [6.07, 6.45) is 6.11. The molecule has 0 aliphatic heterocycles. The third-order valence-electron chi connectivity index (χ3n) is 11.1. The van der Waals surface area contributed by atoms with E-state index in [2.05, 4.69) is 16.0 Å². The van der Waals surface area contributed by atoms with E-state index in [1.807, 2.05) is 0 Å². The minimum absolute atomic E-state index is 0.0734. The van der Waals surface area contributed by atoms with Gasteiger partial charge in [0.05, 0.1) is 6.61 Å². The highest BCUT2D eigenvalue weighted by Crippen LogP contribution is 2.43. The van der Waals surface area contributed by atoms with Crippen molar-refractivity contribution in [2.24, 2.45) is 17.8 Å². The number of hydrogen-bond acceptors (Lipinski definition) is 6. The summed E-state index contributed by atoms with van der Waals surface area (Å²) in [4.78, 5) is 40.0. The third-order valence-corrected chi connectivity index (χ3v) is 11.4. The predicted octanol–water partition coefficient (Wildman–Crippen LogP) is 8.47. The number of amides is 3. The molecule has 3 aliphatic carbocycles. The van der Waals surface area contributed by atoms with Gasteiger partial charge in [-0.15, -0.1) is 0 Å². The van der Waals surface area contributed by atoms with Crippen LogP contribution in [-0.4, -0.2) is 53.3 Å². The molecule has 4 N–H and O–H groups in total. The van der Waals surface area contributed by atoms with Crippen molar-refractivity contribution in [3.8, 4) is 16.9 Å². The summed E-state index contributed by atoms with van der Waals surface area (Å²) in [5.74, 6) is -5.14. The lowest BCUT2D eigenvalue weighted by atomic mass is 9.80. The Labute approximate surface area is 326 Å². The third kappa shape index (κ3) is 10.4. The first-order valence-corrected chi connectivity index (χ1v) is 19.8. The Hall–Kier alpha value is -4.22. The maximum atomic E-state index is 16.6. The summed E-state index contributed by atoms with van der Waals surface area (Å²) in [7, 11) is 0. The van der Waals surface area contributed by atoms with E-state index in [0.29, 0.717) is 41.7 Å². The number of alkyl halides is 2. The highest BCUT2D eigenvalue weighted by Gasteiger charge is 2.50. The Balaban J connectivity index is 1.17. The van der Waals surface area contributed by atoms with Crippen LogP contribution in [0.2, 0.25) is 5.02 Å². The van der Waals surface area contributed by atoms with Gasteiger partial charge in [0.25, 0.3) is 5.91 Å². The van der Waals surface area contributed by atoms with E-state index in [0.717, 1.165) is 31.2 Å². The zero-order chi connectivity index (χ0) is 39.3. The van der Waals surface area contributed by atoms with Crippen LogP contribution in [0.3, 0.4) is 0 Å². The molecule has 4 atom stereocenters. The van der Waals surface area contributed by atoms with Crippen molar-refractivity contribution >= 4 is 29.5 Å². The SMILES string of the molecule is CC(C)(C)OC(=O)NC1CC2CCC(C1)C2NC(=O)C(NC(=O)C(O)c1ccc(OCC2CCCCC2)cc1)C(F)(F)c1ccc(-c2ccc(Cl)cc2)cc1. The number of benzene rings is 3. The van der Waals surface area contributed by atoms with Crippen LogP contribution in [0, 0.1) is 17.8 Å². The molecule has 3 aliphatic rings. The summed E-state index contributed by atoms with van der Waals surface area (Å²) in [5.41, 5.74) is 0.465. The number of carbonyl (C=O) groups excluding carboxylic acids is 3. The molecule has 55 heavy (non-hydrogen) atoms. The number of halogens is 3. The van der Waals surface area contributed by atoms with Crippen molar-refractivity contribution in [2.75, 3.05) is 6.61 Å². The smallest absolute Gasteiger partial charge is 0.407 e. The average Bonchev–Trinajstić information content (AvgIpc) is 3.38. The number of carbonyl (C=O) groups is 3. The molecule has 0 radical (unpaired) electrons. The molecule has 0 aromatic heterocycles. The molecule has 296 valence electrons. The highest BCUT2D eigenvalue weighted by molar-refractivity contribution is 6.30. The number of ether oxygens (including phenoxy) is 2. The second kappa shape index (κ2) is 17.3. The monoisotopic (exact) mass is 779 g/mol. The summed E-state index contributed by atoms with van der Waals surface area (Å²) < 4.78 is 44.6. The van der Waals surface area contributed by atoms with Crippen LogP contribution in [0.25, 0.3) is 11.1 Å². The van der Waals surface area contributed by atoms with Gasteiger partial charge in [-0.25, -0.2) is 4.79 Å². The number of alkyl carbamates (subject to hydrolysis) is 1. The largest absolute Gasteiger partial charge is 0.493 e. The van der Waals surface area contributed by atoms with Crippen LogP contribution in [0.15, 0.2) is 72.8 Å². The maximum Gasteiger partial charge on any atom is 0.407 e. The van der Waals surface area contributed by atoms with Crippen molar-refractivity contribution in [3.05, 3.63) is 88.9 Å². The standard InChI is InChI=1S/C43H52ClF2N3O6/c1-42(2,3)55-41(53)47-34-23-30-9-10-31(24-34)36(30)48-40(52)38(43(45,46)32-17-11-27(12-18-32)28-13-19-33(44)20-14-28)49-39(51)37(50)29-15-21-35(22-16-29)54-25-26-7-5-4-6-8-26/h11-22,26,30-31,34,36-38,50H,4-10,23-25H2,1-3H3,(H,47,53)(H,48,52)(H,49,51). The molecule has 0 heterocycles. The van der Waals surface area contributed by atoms with Gasteiger partial charge in [-0.1, -0.05) is 79.4 Å². The zero-order valence-electron chi connectivity index (χ0n) is 31.7. The molecule has 4 unspecified atom stereocenters.